The molecule has 0 bridgehead atoms. The van der Waals surface area contributed by atoms with Crippen LogP contribution in [0.4, 0.5) is 0 Å². The molecule has 3 N–H and O–H groups in total. The highest BCUT2D eigenvalue weighted by Gasteiger charge is 2.12. The maximum absolute atomic E-state index is 12.2. The smallest absolute Gasteiger partial charge is 0.253 e. The summed E-state index contributed by atoms with van der Waals surface area (Å²) >= 11 is 0. The summed E-state index contributed by atoms with van der Waals surface area (Å²) in [6.07, 6.45) is 0. The highest BCUT2D eigenvalue weighted by atomic mass is 127. The predicted molar refractivity (Wildman–Crippen MR) is 107 cm³/mol. The number of hydrogen-bond donors (Lipinski definition) is 2. The number of aliphatic imine (C=N–C) groups is 1. The van der Waals surface area contributed by atoms with Gasteiger partial charge in [0.25, 0.3) is 5.91 Å². The molecule has 0 saturated carbocycles. The van der Waals surface area contributed by atoms with E-state index in [1.54, 1.807) is 4.90 Å². The van der Waals surface area contributed by atoms with Gasteiger partial charge in [0.2, 0.25) is 0 Å². The van der Waals surface area contributed by atoms with E-state index in [1.807, 2.05) is 58.9 Å². The minimum Gasteiger partial charge on any atom is -0.370 e. The molecule has 0 atom stereocenters. The second kappa shape index (κ2) is 9.75. The van der Waals surface area contributed by atoms with E-state index in [1.165, 1.54) is 0 Å². The summed E-state index contributed by atoms with van der Waals surface area (Å²) in [7, 11) is 0. The molecule has 0 heterocycles. The van der Waals surface area contributed by atoms with Crippen molar-refractivity contribution in [1.29, 1.82) is 0 Å². The zero-order valence-electron chi connectivity index (χ0n) is 14.7. The first-order valence-corrected chi connectivity index (χ1v) is 7.73. The van der Waals surface area contributed by atoms with Crippen LogP contribution in [0.3, 0.4) is 0 Å². The van der Waals surface area contributed by atoms with Crippen molar-refractivity contribution in [2.75, 3.05) is 13.1 Å². The number of rotatable bonds is 5. The van der Waals surface area contributed by atoms with E-state index >= 15 is 0 Å². The van der Waals surface area contributed by atoms with Crippen molar-refractivity contribution in [3.05, 3.63) is 35.4 Å². The summed E-state index contributed by atoms with van der Waals surface area (Å²) < 4.78 is 0. The lowest BCUT2D eigenvalue weighted by atomic mass is 10.1. The Kier molecular flexibility index (Phi) is 9.19. The van der Waals surface area contributed by atoms with E-state index in [-0.39, 0.29) is 35.4 Å². The molecule has 1 aromatic rings. The van der Waals surface area contributed by atoms with Crippen LogP contribution in [0.5, 0.6) is 0 Å². The molecule has 23 heavy (non-hydrogen) atoms. The normalized spacial score (nSPS) is 11.6. The van der Waals surface area contributed by atoms with E-state index in [4.69, 9.17) is 5.73 Å². The second-order valence-corrected chi connectivity index (χ2v) is 6.25. The fraction of sp³-hybridized carbons (Fsp3) is 0.529. The average Bonchev–Trinajstić information content (AvgIpc) is 2.45. The van der Waals surface area contributed by atoms with Crippen LogP contribution < -0.4 is 11.1 Å². The summed E-state index contributed by atoms with van der Waals surface area (Å²) in [5.74, 6) is 0.491. The SMILES string of the molecule is CCN(CC)C(=O)c1ccc(CN=C(N)NC(C)(C)C)cc1.I. The van der Waals surface area contributed by atoms with Gasteiger partial charge < -0.3 is 16.0 Å². The minimum absolute atomic E-state index is 0. The zero-order chi connectivity index (χ0) is 16.8. The van der Waals surface area contributed by atoms with Crippen LogP contribution in [0.2, 0.25) is 0 Å². The first-order valence-electron chi connectivity index (χ1n) is 7.73. The van der Waals surface area contributed by atoms with E-state index in [9.17, 15) is 4.79 Å². The number of nitrogens with one attached hydrogen (secondary N) is 1. The highest BCUT2D eigenvalue weighted by molar-refractivity contribution is 14.0. The molecule has 0 aromatic heterocycles. The Balaban J connectivity index is 0.00000484. The Morgan fingerprint density at radius 3 is 2.13 bits per heavy atom. The summed E-state index contributed by atoms with van der Waals surface area (Å²) in [6, 6.07) is 7.53. The summed E-state index contributed by atoms with van der Waals surface area (Å²) in [4.78, 5) is 18.3. The third kappa shape index (κ3) is 7.67. The van der Waals surface area contributed by atoms with Gasteiger partial charge in [-0.05, 0) is 52.3 Å². The molecular weight excluding hydrogens is 403 g/mol. The monoisotopic (exact) mass is 432 g/mol. The number of nitrogens with zero attached hydrogens (tertiary/aromatic N) is 2. The maximum atomic E-state index is 12.2. The Morgan fingerprint density at radius 1 is 1.17 bits per heavy atom. The van der Waals surface area contributed by atoms with E-state index in [2.05, 4.69) is 10.3 Å². The molecule has 0 radical (unpaired) electrons. The zero-order valence-corrected chi connectivity index (χ0v) is 17.0. The lowest BCUT2D eigenvalue weighted by Crippen LogP contribution is -2.44. The van der Waals surface area contributed by atoms with Crippen LogP contribution in [0.1, 0.15) is 50.5 Å². The number of halogens is 1. The third-order valence-electron chi connectivity index (χ3n) is 3.19. The molecule has 1 aromatic carbocycles. The summed E-state index contributed by atoms with van der Waals surface area (Å²) in [6.45, 7) is 12.0. The van der Waals surface area contributed by atoms with Crippen LogP contribution in [0.15, 0.2) is 29.3 Å². The molecule has 0 saturated heterocycles. The van der Waals surface area contributed by atoms with Crippen molar-refractivity contribution in [2.45, 2.75) is 46.7 Å². The van der Waals surface area contributed by atoms with Gasteiger partial charge in [-0.15, -0.1) is 24.0 Å². The molecule has 0 aliphatic carbocycles. The van der Waals surface area contributed by atoms with Crippen molar-refractivity contribution in [1.82, 2.24) is 10.2 Å². The first-order chi connectivity index (χ1) is 10.3. The van der Waals surface area contributed by atoms with Crippen molar-refractivity contribution in [3.63, 3.8) is 0 Å². The first kappa shape index (κ1) is 21.7. The molecule has 0 unspecified atom stereocenters. The molecule has 1 amide bonds. The van der Waals surface area contributed by atoms with Gasteiger partial charge in [0.15, 0.2) is 5.96 Å². The van der Waals surface area contributed by atoms with Gasteiger partial charge in [-0.3, -0.25) is 4.79 Å². The fourth-order valence-electron chi connectivity index (χ4n) is 2.05. The van der Waals surface area contributed by atoms with Crippen LogP contribution in [0.25, 0.3) is 0 Å². The van der Waals surface area contributed by atoms with Gasteiger partial charge in [0.1, 0.15) is 0 Å². The van der Waals surface area contributed by atoms with Crippen molar-refractivity contribution in [2.24, 2.45) is 10.7 Å². The molecular formula is C17H29IN4O. The molecule has 1 rings (SSSR count). The molecule has 0 fully saturated rings. The van der Waals surface area contributed by atoms with Crippen molar-refractivity contribution < 1.29 is 4.79 Å². The second-order valence-electron chi connectivity index (χ2n) is 6.25. The Hall–Kier alpha value is -1.31. The Labute approximate surface area is 156 Å². The van der Waals surface area contributed by atoms with Crippen LogP contribution in [0, 0.1) is 0 Å². The van der Waals surface area contributed by atoms with Crippen molar-refractivity contribution in [3.8, 4) is 0 Å². The van der Waals surface area contributed by atoms with Gasteiger partial charge in [-0.1, -0.05) is 12.1 Å². The largest absolute Gasteiger partial charge is 0.370 e. The van der Waals surface area contributed by atoms with Crippen molar-refractivity contribution >= 4 is 35.8 Å². The third-order valence-corrected chi connectivity index (χ3v) is 3.19. The van der Waals surface area contributed by atoms with Crippen LogP contribution >= 0.6 is 24.0 Å². The van der Waals surface area contributed by atoms with Gasteiger partial charge in [0, 0.05) is 24.2 Å². The summed E-state index contributed by atoms with van der Waals surface area (Å²) in [5.41, 5.74) is 7.46. The quantitative estimate of drug-likeness (QED) is 0.427. The topological polar surface area (TPSA) is 70.7 Å². The minimum atomic E-state index is -0.104. The van der Waals surface area contributed by atoms with E-state index in [0.717, 1.165) is 18.7 Å². The number of guanidine groups is 1. The highest BCUT2D eigenvalue weighted by Crippen LogP contribution is 2.09. The standard InChI is InChI=1S/C17H28N4O.HI/c1-6-21(7-2)15(22)14-10-8-13(9-11-14)12-19-16(18)20-17(3,4)5;/h8-11H,6-7,12H2,1-5H3,(H3,18,19,20);1H. The lowest BCUT2D eigenvalue weighted by molar-refractivity contribution is 0.0773. The Bertz CT molecular complexity index is 516. The van der Waals surface area contributed by atoms with E-state index < -0.39 is 0 Å². The summed E-state index contributed by atoms with van der Waals surface area (Å²) in [5, 5.41) is 3.12. The Morgan fingerprint density at radius 2 is 1.70 bits per heavy atom. The van der Waals surface area contributed by atoms with Gasteiger partial charge in [0.05, 0.1) is 6.54 Å². The van der Waals surface area contributed by atoms with Gasteiger partial charge >= 0.3 is 0 Å². The fourth-order valence-corrected chi connectivity index (χ4v) is 2.05. The number of nitrogens with two attached hydrogens (primary N) is 1. The molecule has 6 heteroatoms. The number of carbonyl (C=O) groups is 1. The molecule has 5 nitrogen and oxygen atoms in total. The molecule has 130 valence electrons. The number of carbonyl (C=O) groups excluding carboxylic acids is 1. The average molecular weight is 432 g/mol. The number of hydrogen-bond acceptors (Lipinski definition) is 2. The van der Waals surface area contributed by atoms with Gasteiger partial charge in [-0.2, -0.15) is 0 Å². The molecule has 0 spiro atoms. The van der Waals surface area contributed by atoms with Crippen LogP contribution in [-0.4, -0.2) is 35.4 Å². The maximum Gasteiger partial charge on any atom is 0.253 e. The number of benzene rings is 1. The lowest BCUT2D eigenvalue weighted by Gasteiger charge is -2.21. The van der Waals surface area contributed by atoms with E-state index in [0.29, 0.717) is 18.1 Å². The van der Waals surface area contributed by atoms with Crippen LogP contribution in [-0.2, 0) is 6.54 Å². The number of amides is 1. The molecule has 0 aliphatic heterocycles. The predicted octanol–water partition coefficient (Wildman–Crippen LogP) is 2.99. The molecule has 0 aliphatic rings. The van der Waals surface area contributed by atoms with Gasteiger partial charge in [-0.25, -0.2) is 4.99 Å².